The first-order valence-electron chi connectivity index (χ1n) is 7.69. The monoisotopic (exact) mass is 364 g/mol. The van der Waals surface area contributed by atoms with Crippen LogP contribution < -0.4 is 0 Å². The van der Waals surface area contributed by atoms with E-state index in [0.29, 0.717) is 12.0 Å². The summed E-state index contributed by atoms with van der Waals surface area (Å²) in [6.45, 7) is 3.69. The van der Waals surface area contributed by atoms with Crippen LogP contribution in [0.3, 0.4) is 0 Å². The van der Waals surface area contributed by atoms with Gasteiger partial charge in [-0.15, -0.1) is 0 Å². The second-order valence-corrected chi connectivity index (χ2v) is 6.27. The number of ketones is 1. The number of carbonyl (C=O) groups is 2. The molecule has 2 aromatic carbocycles. The van der Waals surface area contributed by atoms with E-state index in [1.165, 1.54) is 0 Å². The molecule has 2 unspecified atom stereocenters. The van der Waals surface area contributed by atoms with Gasteiger partial charge >= 0.3 is 5.97 Å². The summed E-state index contributed by atoms with van der Waals surface area (Å²) in [7, 11) is 0. The molecule has 5 heteroatoms. The molecule has 0 fully saturated rings. The van der Waals surface area contributed by atoms with Crippen molar-refractivity contribution in [2.75, 3.05) is 0 Å². The zero-order chi connectivity index (χ0) is 17.7. The van der Waals surface area contributed by atoms with Crippen LogP contribution in [0, 0.1) is 0 Å². The molecular formula is C19H18Cl2O3. The van der Waals surface area contributed by atoms with Crippen LogP contribution in [-0.2, 0) is 9.53 Å². The molecule has 0 bridgehead atoms. The van der Waals surface area contributed by atoms with Crippen molar-refractivity contribution >= 4 is 35.0 Å². The van der Waals surface area contributed by atoms with Crippen molar-refractivity contribution in [2.24, 2.45) is 0 Å². The van der Waals surface area contributed by atoms with E-state index in [4.69, 9.17) is 27.9 Å². The van der Waals surface area contributed by atoms with Gasteiger partial charge in [-0.25, -0.2) is 0 Å². The van der Waals surface area contributed by atoms with Gasteiger partial charge < -0.3 is 4.74 Å². The van der Waals surface area contributed by atoms with Crippen LogP contribution in [0.4, 0.5) is 0 Å². The van der Waals surface area contributed by atoms with Crippen molar-refractivity contribution in [3.05, 3.63) is 69.7 Å². The topological polar surface area (TPSA) is 43.4 Å². The van der Waals surface area contributed by atoms with Gasteiger partial charge in [-0.1, -0.05) is 66.5 Å². The molecule has 0 aliphatic carbocycles. The molecule has 0 saturated heterocycles. The van der Waals surface area contributed by atoms with E-state index in [1.54, 1.807) is 49.4 Å². The molecule has 2 aromatic rings. The fraction of sp³-hybridized carbons (Fsp3) is 0.263. The van der Waals surface area contributed by atoms with Crippen molar-refractivity contribution in [1.82, 2.24) is 0 Å². The SMILES string of the molecule is CCC(C)OC(=O)C(C(=O)c1c(Cl)cccc1Cl)c1ccccc1. The summed E-state index contributed by atoms with van der Waals surface area (Å²) >= 11 is 12.3. The maximum absolute atomic E-state index is 13.0. The molecule has 0 radical (unpaired) electrons. The molecule has 0 aliphatic heterocycles. The third-order valence-corrected chi connectivity index (χ3v) is 4.36. The Labute approximate surface area is 151 Å². The standard InChI is InChI=1S/C19H18Cl2O3/c1-3-12(2)24-19(23)16(13-8-5-4-6-9-13)18(22)17-14(20)10-7-11-15(17)21/h4-12,16H,3H2,1-2H3. The van der Waals surface area contributed by atoms with Gasteiger partial charge in [-0.2, -0.15) is 0 Å². The molecule has 3 nitrogen and oxygen atoms in total. The Balaban J connectivity index is 2.46. The smallest absolute Gasteiger partial charge is 0.321 e. The lowest BCUT2D eigenvalue weighted by molar-refractivity contribution is -0.148. The molecule has 0 heterocycles. The highest BCUT2D eigenvalue weighted by molar-refractivity contribution is 6.40. The van der Waals surface area contributed by atoms with E-state index >= 15 is 0 Å². The Bertz CT molecular complexity index is 708. The first-order valence-corrected chi connectivity index (χ1v) is 8.45. The zero-order valence-corrected chi connectivity index (χ0v) is 15.0. The van der Waals surface area contributed by atoms with Gasteiger partial charge in [0.15, 0.2) is 5.78 Å². The highest BCUT2D eigenvalue weighted by Crippen LogP contribution is 2.31. The molecular weight excluding hydrogens is 347 g/mol. The summed E-state index contributed by atoms with van der Waals surface area (Å²) < 4.78 is 5.39. The molecule has 2 rings (SSSR count). The van der Waals surface area contributed by atoms with Crippen LogP contribution in [0.15, 0.2) is 48.5 Å². The fourth-order valence-corrected chi connectivity index (χ4v) is 2.85. The average Bonchev–Trinajstić information content (AvgIpc) is 2.55. The maximum Gasteiger partial charge on any atom is 0.321 e. The number of halogens is 2. The summed E-state index contributed by atoms with van der Waals surface area (Å²) in [6, 6.07) is 13.6. The lowest BCUT2D eigenvalue weighted by Gasteiger charge is -2.19. The first kappa shape index (κ1) is 18.5. The highest BCUT2D eigenvalue weighted by atomic mass is 35.5. The van der Waals surface area contributed by atoms with E-state index in [-0.39, 0.29) is 21.7 Å². The number of hydrogen-bond donors (Lipinski definition) is 0. The largest absolute Gasteiger partial charge is 0.462 e. The Morgan fingerprint density at radius 3 is 2.12 bits per heavy atom. The van der Waals surface area contributed by atoms with Crippen LogP contribution in [0.1, 0.15) is 42.1 Å². The average molecular weight is 365 g/mol. The van der Waals surface area contributed by atoms with E-state index in [2.05, 4.69) is 0 Å². The molecule has 0 N–H and O–H groups in total. The number of esters is 1. The predicted octanol–water partition coefficient (Wildman–Crippen LogP) is 5.30. The van der Waals surface area contributed by atoms with E-state index in [1.807, 2.05) is 13.0 Å². The lowest BCUT2D eigenvalue weighted by atomic mass is 9.90. The number of hydrogen-bond acceptors (Lipinski definition) is 3. The molecule has 0 saturated carbocycles. The number of ether oxygens (including phenoxy) is 1. The van der Waals surface area contributed by atoms with Gasteiger partial charge in [0.25, 0.3) is 0 Å². The third kappa shape index (κ3) is 4.16. The maximum atomic E-state index is 13.0. The Morgan fingerprint density at radius 2 is 1.58 bits per heavy atom. The number of carbonyl (C=O) groups excluding carboxylic acids is 2. The summed E-state index contributed by atoms with van der Waals surface area (Å²) in [6.07, 6.45) is 0.382. The van der Waals surface area contributed by atoms with Crippen molar-refractivity contribution < 1.29 is 14.3 Å². The van der Waals surface area contributed by atoms with Crippen LogP contribution in [0.25, 0.3) is 0 Å². The van der Waals surface area contributed by atoms with E-state index in [0.717, 1.165) is 0 Å². The van der Waals surface area contributed by atoms with E-state index in [9.17, 15) is 9.59 Å². The van der Waals surface area contributed by atoms with Gasteiger partial charge in [0.05, 0.1) is 21.7 Å². The molecule has 2 atom stereocenters. The quantitative estimate of drug-likeness (QED) is 0.396. The summed E-state index contributed by atoms with van der Waals surface area (Å²) in [5.41, 5.74) is 0.683. The van der Waals surface area contributed by atoms with Crippen LogP contribution in [-0.4, -0.2) is 17.9 Å². The Hall–Kier alpha value is -1.84. The minimum atomic E-state index is -1.10. The van der Waals surface area contributed by atoms with Crippen LogP contribution in [0.2, 0.25) is 10.0 Å². The van der Waals surface area contributed by atoms with Gasteiger partial charge in [-0.3, -0.25) is 9.59 Å². The second kappa shape index (κ2) is 8.32. The summed E-state index contributed by atoms with van der Waals surface area (Å²) in [4.78, 5) is 25.6. The summed E-state index contributed by atoms with van der Waals surface area (Å²) in [5.74, 6) is -2.17. The number of Topliss-reactive ketones (excluding diaryl/α,β-unsaturated/α-hetero) is 1. The van der Waals surface area contributed by atoms with E-state index < -0.39 is 17.7 Å². The summed E-state index contributed by atoms with van der Waals surface area (Å²) in [5, 5.41) is 0.426. The van der Waals surface area contributed by atoms with Crippen molar-refractivity contribution in [2.45, 2.75) is 32.3 Å². The molecule has 0 aromatic heterocycles. The predicted molar refractivity (Wildman–Crippen MR) is 95.8 cm³/mol. The van der Waals surface area contributed by atoms with Crippen molar-refractivity contribution in [1.29, 1.82) is 0 Å². The molecule has 126 valence electrons. The molecule has 0 amide bonds. The highest BCUT2D eigenvalue weighted by Gasteiger charge is 2.33. The van der Waals surface area contributed by atoms with Crippen molar-refractivity contribution in [3.8, 4) is 0 Å². The second-order valence-electron chi connectivity index (χ2n) is 5.46. The van der Waals surface area contributed by atoms with Crippen LogP contribution in [0.5, 0.6) is 0 Å². The number of rotatable bonds is 6. The molecule has 0 spiro atoms. The van der Waals surface area contributed by atoms with Crippen LogP contribution >= 0.6 is 23.2 Å². The normalized spacial score (nSPS) is 13.2. The molecule has 24 heavy (non-hydrogen) atoms. The Kier molecular flexibility index (Phi) is 6.41. The lowest BCUT2D eigenvalue weighted by Crippen LogP contribution is -2.27. The van der Waals surface area contributed by atoms with Gasteiger partial charge in [0.2, 0.25) is 0 Å². The van der Waals surface area contributed by atoms with Gasteiger partial charge in [-0.05, 0) is 31.0 Å². The minimum Gasteiger partial charge on any atom is -0.462 e. The van der Waals surface area contributed by atoms with Gasteiger partial charge in [0.1, 0.15) is 5.92 Å². The fourth-order valence-electron chi connectivity index (χ4n) is 2.27. The van der Waals surface area contributed by atoms with Gasteiger partial charge in [0, 0.05) is 0 Å². The third-order valence-electron chi connectivity index (χ3n) is 3.73. The molecule has 0 aliphatic rings. The minimum absolute atomic E-state index is 0.135. The van der Waals surface area contributed by atoms with Crippen molar-refractivity contribution in [3.63, 3.8) is 0 Å². The number of benzene rings is 2. The first-order chi connectivity index (χ1) is 11.5. The Morgan fingerprint density at radius 1 is 1.00 bits per heavy atom. The zero-order valence-electron chi connectivity index (χ0n) is 13.5.